The number of hydrogen-bond donors (Lipinski definition) is 2. The van der Waals surface area contributed by atoms with Gasteiger partial charge in [0, 0.05) is 0 Å². The molecule has 22 heavy (non-hydrogen) atoms. The smallest absolute Gasteiger partial charge is 0.318 e. The molecule has 0 aromatic heterocycles. The number of aliphatic carboxylic acids is 2. The molecule has 3 aromatic rings. The summed E-state index contributed by atoms with van der Waals surface area (Å²) in [4.78, 5) is 22.5. The maximum Gasteiger partial charge on any atom is 0.318 e. The molecule has 0 saturated carbocycles. The third-order valence-electron chi connectivity index (χ3n) is 3.89. The lowest BCUT2D eigenvalue weighted by Gasteiger charge is -2.14. The summed E-state index contributed by atoms with van der Waals surface area (Å²) < 4.78 is 0. The highest BCUT2D eigenvalue weighted by Gasteiger charge is 2.27. The predicted octanol–water partition coefficient (Wildman–Crippen LogP) is 3.32. The van der Waals surface area contributed by atoms with Gasteiger partial charge in [0.05, 0.1) is 0 Å². The molecule has 0 atom stereocenters. The summed E-state index contributed by atoms with van der Waals surface area (Å²) in [5.74, 6) is -4.08. The average Bonchev–Trinajstić information content (AvgIpc) is 2.50. The van der Waals surface area contributed by atoms with E-state index in [9.17, 15) is 9.59 Å². The van der Waals surface area contributed by atoms with Crippen LogP contribution >= 0.6 is 0 Å². The van der Waals surface area contributed by atoms with Crippen molar-refractivity contribution in [3.8, 4) is 0 Å². The van der Waals surface area contributed by atoms with E-state index in [-0.39, 0.29) is 6.42 Å². The standard InChI is InChI=1S/C18H14O4/c19-17(20)16(18(21)22)10-15-13-7-3-1-5-11(13)9-12-6-2-4-8-14(12)15/h1-9,16H,10H2,(H,19,20)(H,21,22). The second-order valence-corrected chi connectivity index (χ2v) is 5.23. The molecular formula is C18H14O4. The summed E-state index contributed by atoms with van der Waals surface area (Å²) in [5, 5.41) is 22.1. The lowest BCUT2D eigenvalue weighted by Crippen LogP contribution is -2.25. The zero-order valence-corrected chi connectivity index (χ0v) is 11.7. The van der Waals surface area contributed by atoms with Crippen molar-refractivity contribution in [2.45, 2.75) is 6.42 Å². The van der Waals surface area contributed by atoms with Crippen molar-refractivity contribution in [1.29, 1.82) is 0 Å². The van der Waals surface area contributed by atoms with Crippen molar-refractivity contribution in [2.75, 3.05) is 0 Å². The van der Waals surface area contributed by atoms with Crippen LogP contribution in [-0.2, 0) is 16.0 Å². The van der Waals surface area contributed by atoms with Crippen LogP contribution in [0.2, 0.25) is 0 Å². The monoisotopic (exact) mass is 294 g/mol. The van der Waals surface area contributed by atoms with Crippen LogP contribution in [0.5, 0.6) is 0 Å². The topological polar surface area (TPSA) is 74.6 Å². The highest BCUT2D eigenvalue weighted by molar-refractivity contribution is 6.03. The van der Waals surface area contributed by atoms with Crippen molar-refractivity contribution in [2.24, 2.45) is 5.92 Å². The van der Waals surface area contributed by atoms with E-state index in [2.05, 4.69) is 0 Å². The van der Waals surface area contributed by atoms with E-state index >= 15 is 0 Å². The molecule has 0 spiro atoms. The van der Waals surface area contributed by atoms with Crippen molar-refractivity contribution in [1.82, 2.24) is 0 Å². The van der Waals surface area contributed by atoms with Gasteiger partial charge in [0.15, 0.2) is 5.92 Å². The van der Waals surface area contributed by atoms with Crippen LogP contribution < -0.4 is 0 Å². The number of benzene rings is 3. The average molecular weight is 294 g/mol. The lowest BCUT2D eigenvalue weighted by atomic mass is 9.90. The number of fused-ring (bicyclic) bond motifs is 2. The Morgan fingerprint density at radius 1 is 0.818 bits per heavy atom. The molecule has 0 unspecified atom stereocenters. The van der Waals surface area contributed by atoms with Gasteiger partial charge in [-0.3, -0.25) is 9.59 Å². The van der Waals surface area contributed by atoms with Gasteiger partial charge in [-0.1, -0.05) is 48.5 Å². The summed E-state index contributed by atoms with van der Waals surface area (Å²) in [6.07, 6.45) is -0.0352. The van der Waals surface area contributed by atoms with Crippen LogP contribution in [0, 0.1) is 5.92 Å². The summed E-state index contributed by atoms with van der Waals surface area (Å²) in [6, 6.07) is 17.3. The van der Waals surface area contributed by atoms with Crippen LogP contribution in [0.25, 0.3) is 21.5 Å². The molecule has 0 aliphatic rings. The van der Waals surface area contributed by atoms with Gasteiger partial charge in [-0.05, 0) is 39.6 Å². The number of carboxylic acids is 2. The zero-order valence-electron chi connectivity index (χ0n) is 11.7. The van der Waals surface area contributed by atoms with E-state index in [1.54, 1.807) is 0 Å². The summed E-state index contributed by atoms with van der Waals surface area (Å²) in [7, 11) is 0. The third-order valence-corrected chi connectivity index (χ3v) is 3.89. The van der Waals surface area contributed by atoms with E-state index in [4.69, 9.17) is 10.2 Å². The van der Waals surface area contributed by atoms with Crippen molar-refractivity contribution < 1.29 is 19.8 Å². The molecule has 0 amide bonds. The number of carboxylic acid groups (broad SMARTS) is 2. The van der Waals surface area contributed by atoms with Crippen molar-refractivity contribution >= 4 is 33.5 Å². The van der Waals surface area contributed by atoms with Gasteiger partial charge in [-0.15, -0.1) is 0 Å². The molecule has 0 bridgehead atoms. The van der Waals surface area contributed by atoms with Crippen LogP contribution in [0.4, 0.5) is 0 Å². The van der Waals surface area contributed by atoms with Crippen LogP contribution in [0.3, 0.4) is 0 Å². The Labute approximate surface area is 126 Å². The second kappa shape index (κ2) is 5.48. The van der Waals surface area contributed by atoms with E-state index in [0.717, 1.165) is 27.1 Å². The second-order valence-electron chi connectivity index (χ2n) is 5.23. The molecule has 0 radical (unpaired) electrons. The molecular weight excluding hydrogens is 280 g/mol. The highest BCUT2D eigenvalue weighted by atomic mass is 16.4. The minimum atomic E-state index is -1.45. The summed E-state index contributed by atoms with van der Waals surface area (Å²) in [5.41, 5.74) is 0.767. The minimum absolute atomic E-state index is 0.0352. The molecule has 4 heteroatoms. The number of rotatable bonds is 4. The Morgan fingerprint density at radius 2 is 1.27 bits per heavy atom. The first-order valence-corrected chi connectivity index (χ1v) is 6.93. The Bertz CT molecular complexity index is 815. The number of carbonyl (C=O) groups is 2. The van der Waals surface area contributed by atoms with Crippen LogP contribution in [0.1, 0.15) is 5.56 Å². The molecule has 4 nitrogen and oxygen atoms in total. The van der Waals surface area contributed by atoms with E-state index in [1.807, 2.05) is 54.6 Å². The first-order valence-electron chi connectivity index (χ1n) is 6.93. The highest BCUT2D eigenvalue weighted by Crippen LogP contribution is 2.30. The minimum Gasteiger partial charge on any atom is -0.481 e. The first-order chi connectivity index (χ1) is 10.6. The molecule has 3 rings (SSSR count). The Hall–Kier alpha value is -2.88. The molecule has 2 N–H and O–H groups in total. The molecule has 0 fully saturated rings. The predicted molar refractivity (Wildman–Crippen MR) is 83.9 cm³/mol. The number of hydrogen-bond acceptors (Lipinski definition) is 2. The van der Waals surface area contributed by atoms with Gasteiger partial charge in [-0.2, -0.15) is 0 Å². The fraction of sp³-hybridized carbons (Fsp3) is 0.111. The van der Waals surface area contributed by atoms with Gasteiger partial charge in [0.25, 0.3) is 0 Å². The fourth-order valence-electron chi connectivity index (χ4n) is 2.81. The third kappa shape index (κ3) is 2.39. The maximum atomic E-state index is 11.2. The molecule has 110 valence electrons. The molecule has 0 heterocycles. The fourth-order valence-corrected chi connectivity index (χ4v) is 2.81. The van der Waals surface area contributed by atoms with Gasteiger partial charge in [0.2, 0.25) is 0 Å². The molecule has 3 aromatic carbocycles. The molecule has 0 aliphatic heterocycles. The normalized spacial score (nSPS) is 11.1. The van der Waals surface area contributed by atoms with Crippen molar-refractivity contribution in [3.05, 3.63) is 60.2 Å². The zero-order chi connectivity index (χ0) is 15.7. The van der Waals surface area contributed by atoms with Crippen LogP contribution in [0.15, 0.2) is 54.6 Å². The Balaban J connectivity index is 2.28. The lowest BCUT2D eigenvalue weighted by molar-refractivity contribution is -0.154. The summed E-state index contributed by atoms with van der Waals surface area (Å²) >= 11 is 0. The van der Waals surface area contributed by atoms with Gasteiger partial charge >= 0.3 is 11.9 Å². The maximum absolute atomic E-state index is 11.2. The van der Waals surface area contributed by atoms with E-state index in [1.165, 1.54) is 0 Å². The molecule has 0 saturated heterocycles. The Kier molecular flexibility index (Phi) is 3.51. The van der Waals surface area contributed by atoms with Crippen LogP contribution in [-0.4, -0.2) is 22.2 Å². The first kappa shape index (κ1) is 14.1. The van der Waals surface area contributed by atoms with E-state index < -0.39 is 17.9 Å². The van der Waals surface area contributed by atoms with Gasteiger partial charge < -0.3 is 10.2 Å². The van der Waals surface area contributed by atoms with E-state index in [0.29, 0.717) is 0 Å². The largest absolute Gasteiger partial charge is 0.481 e. The molecule has 0 aliphatic carbocycles. The quantitative estimate of drug-likeness (QED) is 0.572. The Morgan fingerprint density at radius 3 is 1.73 bits per heavy atom. The van der Waals surface area contributed by atoms with Gasteiger partial charge in [-0.25, -0.2) is 0 Å². The SMILES string of the molecule is O=C(O)C(Cc1c2ccccc2cc2ccccc12)C(=O)O. The van der Waals surface area contributed by atoms with Gasteiger partial charge in [0.1, 0.15) is 0 Å². The van der Waals surface area contributed by atoms with Crippen molar-refractivity contribution in [3.63, 3.8) is 0 Å². The summed E-state index contributed by atoms with van der Waals surface area (Å²) in [6.45, 7) is 0.